The van der Waals surface area contributed by atoms with Gasteiger partial charge in [-0.1, -0.05) is 13.0 Å². The minimum absolute atomic E-state index is 0.855. The van der Waals surface area contributed by atoms with E-state index in [4.69, 9.17) is 0 Å². The summed E-state index contributed by atoms with van der Waals surface area (Å²) < 4.78 is 4.39. The van der Waals surface area contributed by atoms with Crippen LogP contribution in [0, 0.1) is 6.92 Å². The molecule has 0 spiro atoms. The van der Waals surface area contributed by atoms with Crippen molar-refractivity contribution in [1.82, 2.24) is 24.6 Å². The number of pyridine rings is 1. The Morgan fingerprint density at radius 2 is 2.08 bits per heavy atom. The van der Waals surface area contributed by atoms with Crippen molar-refractivity contribution in [3.63, 3.8) is 0 Å². The molecule has 0 aromatic carbocycles. The Morgan fingerprint density at radius 1 is 1.27 bits per heavy atom. The standard InChI is InChI=1S/C18H27N7S/c1-4-16-22-18(26-23-16)25-11-9-24(10-12-25)17(19-3)20-8-7-15-6-5-14(2)21-13-15/h5-6,13H,4,7-12H2,1-3H3,(H,19,20). The largest absolute Gasteiger partial charge is 0.356 e. The molecule has 0 bridgehead atoms. The van der Waals surface area contributed by atoms with E-state index in [1.54, 1.807) is 0 Å². The molecule has 7 nitrogen and oxygen atoms in total. The van der Waals surface area contributed by atoms with E-state index in [1.165, 1.54) is 17.1 Å². The van der Waals surface area contributed by atoms with Crippen LogP contribution < -0.4 is 10.2 Å². The van der Waals surface area contributed by atoms with Crippen molar-refractivity contribution in [3.05, 3.63) is 35.4 Å². The molecule has 3 rings (SSSR count). The topological polar surface area (TPSA) is 69.5 Å². The molecule has 2 aromatic rings. The van der Waals surface area contributed by atoms with E-state index in [0.717, 1.165) is 68.2 Å². The van der Waals surface area contributed by atoms with E-state index >= 15 is 0 Å². The van der Waals surface area contributed by atoms with Gasteiger partial charge in [0, 0.05) is 69.6 Å². The van der Waals surface area contributed by atoms with Gasteiger partial charge in [0.1, 0.15) is 5.82 Å². The minimum atomic E-state index is 0.855. The molecule has 1 aliphatic heterocycles. The fraction of sp³-hybridized carbons (Fsp3) is 0.556. The van der Waals surface area contributed by atoms with Gasteiger partial charge in [0.05, 0.1) is 0 Å². The fourth-order valence-corrected chi connectivity index (χ4v) is 3.72. The smallest absolute Gasteiger partial charge is 0.205 e. The summed E-state index contributed by atoms with van der Waals surface area (Å²) in [6.45, 7) is 8.72. The summed E-state index contributed by atoms with van der Waals surface area (Å²) in [5, 5.41) is 4.51. The molecule has 26 heavy (non-hydrogen) atoms. The SMILES string of the molecule is CCc1nsc(N2CCN(C(=NC)NCCc3ccc(C)nc3)CC2)n1. The first kappa shape index (κ1) is 18.6. The molecule has 0 unspecified atom stereocenters. The highest BCUT2D eigenvalue weighted by molar-refractivity contribution is 7.09. The van der Waals surface area contributed by atoms with Gasteiger partial charge in [0.2, 0.25) is 5.13 Å². The van der Waals surface area contributed by atoms with Gasteiger partial charge in [-0.25, -0.2) is 4.98 Å². The summed E-state index contributed by atoms with van der Waals surface area (Å²) in [4.78, 5) is 18.0. The molecule has 0 saturated carbocycles. The molecule has 1 N–H and O–H groups in total. The van der Waals surface area contributed by atoms with Crippen molar-refractivity contribution in [3.8, 4) is 0 Å². The number of piperazine rings is 1. The molecular formula is C18H27N7S. The third kappa shape index (κ3) is 4.69. The number of rotatable bonds is 5. The second-order valence-electron chi connectivity index (χ2n) is 6.35. The van der Waals surface area contributed by atoms with E-state index in [-0.39, 0.29) is 0 Å². The molecule has 0 radical (unpaired) electrons. The van der Waals surface area contributed by atoms with Crippen LogP contribution in [0.15, 0.2) is 23.3 Å². The van der Waals surface area contributed by atoms with Gasteiger partial charge in [-0.05, 0) is 25.0 Å². The number of hydrogen-bond donors (Lipinski definition) is 1. The number of aryl methyl sites for hydroxylation is 2. The molecule has 1 aliphatic rings. The molecule has 3 heterocycles. The first-order valence-corrected chi connectivity index (χ1v) is 9.91. The number of nitrogens with zero attached hydrogens (tertiary/aromatic N) is 6. The zero-order chi connectivity index (χ0) is 18.4. The van der Waals surface area contributed by atoms with E-state index < -0.39 is 0 Å². The molecule has 1 saturated heterocycles. The molecule has 1 fully saturated rings. The van der Waals surface area contributed by atoms with Gasteiger partial charge < -0.3 is 15.1 Å². The molecule has 0 amide bonds. The van der Waals surface area contributed by atoms with Crippen LogP contribution in [0.1, 0.15) is 24.0 Å². The molecular weight excluding hydrogens is 346 g/mol. The number of nitrogens with one attached hydrogen (secondary N) is 1. The van der Waals surface area contributed by atoms with Crippen LogP contribution in [0.25, 0.3) is 0 Å². The monoisotopic (exact) mass is 373 g/mol. The quantitative estimate of drug-likeness (QED) is 0.636. The van der Waals surface area contributed by atoms with Crippen LogP contribution in [0.3, 0.4) is 0 Å². The Hall–Kier alpha value is -2.22. The predicted octanol–water partition coefficient (Wildman–Crippen LogP) is 1.74. The van der Waals surface area contributed by atoms with Crippen LogP contribution in [-0.4, -0.2) is 65.0 Å². The second-order valence-corrected chi connectivity index (χ2v) is 7.08. The Labute approximate surface area is 159 Å². The second kappa shape index (κ2) is 8.93. The molecule has 0 atom stereocenters. The maximum absolute atomic E-state index is 4.59. The first-order valence-electron chi connectivity index (χ1n) is 9.14. The molecule has 0 aliphatic carbocycles. The Balaban J connectivity index is 1.46. The molecule has 2 aromatic heterocycles. The summed E-state index contributed by atoms with van der Waals surface area (Å²) in [6.07, 6.45) is 3.78. The summed E-state index contributed by atoms with van der Waals surface area (Å²) in [6, 6.07) is 4.19. The highest BCUT2D eigenvalue weighted by Gasteiger charge is 2.21. The average Bonchev–Trinajstić information content (AvgIpc) is 3.16. The van der Waals surface area contributed by atoms with Crippen LogP contribution in [-0.2, 0) is 12.8 Å². The van der Waals surface area contributed by atoms with Gasteiger partial charge in [-0.2, -0.15) is 4.37 Å². The maximum Gasteiger partial charge on any atom is 0.205 e. The van der Waals surface area contributed by atoms with Crippen molar-refractivity contribution in [1.29, 1.82) is 0 Å². The number of aliphatic imine (C=N–C) groups is 1. The van der Waals surface area contributed by atoms with Crippen molar-refractivity contribution in [2.45, 2.75) is 26.7 Å². The van der Waals surface area contributed by atoms with Crippen LogP contribution in [0.4, 0.5) is 5.13 Å². The number of guanidine groups is 1. The highest BCUT2D eigenvalue weighted by atomic mass is 32.1. The molecule has 8 heteroatoms. The predicted molar refractivity (Wildman–Crippen MR) is 107 cm³/mol. The average molecular weight is 374 g/mol. The zero-order valence-corrected chi connectivity index (χ0v) is 16.6. The van der Waals surface area contributed by atoms with Gasteiger partial charge >= 0.3 is 0 Å². The lowest BCUT2D eigenvalue weighted by atomic mass is 10.2. The summed E-state index contributed by atoms with van der Waals surface area (Å²) in [7, 11) is 1.85. The summed E-state index contributed by atoms with van der Waals surface area (Å²) >= 11 is 1.50. The van der Waals surface area contributed by atoms with Crippen molar-refractivity contribution < 1.29 is 0 Å². The lowest BCUT2D eigenvalue weighted by Crippen LogP contribution is -2.52. The van der Waals surface area contributed by atoms with Gasteiger partial charge in [0.25, 0.3) is 0 Å². The molecule has 140 valence electrons. The number of anilines is 1. The van der Waals surface area contributed by atoms with Gasteiger partial charge in [-0.3, -0.25) is 9.98 Å². The van der Waals surface area contributed by atoms with Crippen LogP contribution in [0.2, 0.25) is 0 Å². The summed E-state index contributed by atoms with van der Waals surface area (Å²) in [5.41, 5.74) is 2.29. The van der Waals surface area contributed by atoms with Gasteiger partial charge in [-0.15, -0.1) is 0 Å². The normalized spacial score (nSPS) is 15.4. The number of hydrogen-bond acceptors (Lipinski definition) is 6. The Kier molecular flexibility index (Phi) is 6.38. The third-order valence-electron chi connectivity index (χ3n) is 4.50. The third-order valence-corrected chi connectivity index (χ3v) is 5.32. The minimum Gasteiger partial charge on any atom is -0.356 e. The fourth-order valence-electron chi connectivity index (χ4n) is 2.92. The van der Waals surface area contributed by atoms with E-state index in [9.17, 15) is 0 Å². The lowest BCUT2D eigenvalue weighted by molar-refractivity contribution is 0.372. The van der Waals surface area contributed by atoms with E-state index in [1.807, 2.05) is 20.2 Å². The van der Waals surface area contributed by atoms with Crippen molar-refractivity contribution in [2.24, 2.45) is 4.99 Å². The lowest BCUT2D eigenvalue weighted by Gasteiger charge is -2.36. The van der Waals surface area contributed by atoms with Crippen molar-refractivity contribution >= 4 is 22.6 Å². The number of aromatic nitrogens is 3. The van der Waals surface area contributed by atoms with Crippen LogP contribution >= 0.6 is 11.5 Å². The Bertz CT molecular complexity index is 717. The maximum atomic E-state index is 4.59. The highest BCUT2D eigenvalue weighted by Crippen LogP contribution is 2.19. The first-order chi connectivity index (χ1) is 12.7. The van der Waals surface area contributed by atoms with E-state index in [0.29, 0.717) is 0 Å². The zero-order valence-electron chi connectivity index (χ0n) is 15.8. The summed E-state index contributed by atoms with van der Waals surface area (Å²) in [5.74, 6) is 1.91. The Morgan fingerprint density at radius 3 is 2.69 bits per heavy atom. The van der Waals surface area contributed by atoms with Crippen LogP contribution in [0.5, 0.6) is 0 Å². The van der Waals surface area contributed by atoms with Crippen molar-refractivity contribution in [2.75, 3.05) is 44.7 Å². The van der Waals surface area contributed by atoms with E-state index in [2.05, 4.69) is 53.5 Å². The van der Waals surface area contributed by atoms with Gasteiger partial charge in [0.15, 0.2) is 5.96 Å².